The zero-order valence-electron chi connectivity index (χ0n) is 10.4. The van der Waals surface area contributed by atoms with Crippen molar-refractivity contribution in [3.63, 3.8) is 0 Å². The zero-order chi connectivity index (χ0) is 14.6. The van der Waals surface area contributed by atoms with Crippen LogP contribution in [0.2, 0.25) is 0 Å². The Balaban J connectivity index is 2.85. The van der Waals surface area contributed by atoms with Crippen molar-refractivity contribution in [2.24, 2.45) is 5.73 Å². The average Bonchev–Trinajstić information content (AvgIpc) is 2.76. The van der Waals surface area contributed by atoms with Gasteiger partial charge in [-0.15, -0.1) is 5.10 Å². The smallest absolute Gasteiger partial charge is 0.326 e. The van der Waals surface area contributed by atoms with Crippen LogP contribution < -0.4 is 11.1 Å². The third-order valence-electron chi connectivity index (χ3n) is 2.28. The van der Waals surface area contributed by atoms with Gasteiger partial charge in [0.1, 0.15) is 10.9 Å². The summed E-state index contributed by atoms with van der Waals surface area (Å²) in [6.07, 6.45) is -0.468. The SMILES string of the molecule is CC(C)c1nnsc1C(=O)NC(CC(N)=O)C(=O)O. The largest absolute Gasteiger partial charge is 0.480 e. The number of rotatable bonds is 6. The maximum atomic E-state index is 11.9. The van der Waals surface area contributed by atoms with Gasteiger partial charge in [-0.1, -0.05) is 18.3 Å². The number of nitrogens with two attached hydrogens (primary N) is 1. The quantitative estimate of drug-likeness (QED) is 0.658. The highest BCUT2D eigenvalue weighted by atomic mass is 32.1. The van der Waals surface area contributed by atoms with Crippen molar-refractivity contribution in [3.8, 4) is 0 Å². The van der Waals surface area contributed by atoms with E-state index in [1.54, 1.807) is 0 Å². The minimum Gasteiger partial charge on any atom is -0.480 e. The Morgan fingerprint density at radius 2 is 2.05 bits per heavy atom. The van der Waals surface area contributed by atoms with Gasteiger partial charge < -0.3 is 16.2 Å². The third-order valence-corrected chi connectivity index (χ3v) is 3.02. The molecule has 0 spiro atoms. The van der Waals surface area contributed by atoms with Gasteiger partial charge in [-0.05, 0) is 17.5 Å². The summed E-state index contributed by atoms with van der Waals surface area (Å²) < 4.78 is 3.67. The van der Waals surface area contributed by atoms with Crippen molar-refractivity contribution in [3.05, 3.63) is 10.6 Å². The van der Waals surface area contributed by atoms with E-state index in [-0.39, 0.29) is 10.8 Å². The lowest BCUT2D eigenvalue weighted by Crippen LogP contribution is -2.43. The van der Waals surface area contributed by atoms with Crippen molar-refractivity contribution in [2.45, 2.75) is 32.2 Å². The lowest BCUT2D eigenvalue weighted by molar-refractivity contribution is -0.140. The Kier molecular flexibility index (Phi) is 4.93. The second-order valence-corrected chi connectivity index (χ2v) is 4.93. The van der Waals surface area contributed by atoms with Gasteiger partial charge in [0.15, 0.2) is 0 Å². The number of aromatic nitrogens is 2. The second-order valence-electron chi connectivity index (χ2n) is 4.18. The number of carbonyl (C=O) groups excluding carboxylic acids is 2. The van der Waals surface area contributed by atoms with Crippen LogP contribution >= 0.6 is 11.5 Å². The molecule has 1 heterocycles. The number of hydrogen-bond donors (Lipinski definition) is 3. The first-order chi connectivity index (χ1) is 8.82. The molecule has 0 aliphatic heterocycles. The third kappa shape index (κ3) is 3.98. The van der Waals surface area contributed by atoms with E-state index in [1.165, 1.54) is 0 Å². The summed E-state index contributed by atoms with van der Waals surface area (Å²) in [7, 11) is 0. The Morgan fingerprint density at radius 1 is 1.42 bits per heavy atom. The standard InChI is InChI=1S/C10H14N4O4S/c1-4(2)7-8(19-14-13-7)9(16)12-5(10(17)18)3-6(11)15/h4-5H,3H2,1-2H3,(H2,11,15)(H,12,16)(H,17,18). The summed E-state index contributed by atoms with van der Waals surface area (Å²) in [6, 6.07) is -1.35. The van der Waals surface area contributed by atoms with Crippen molar-refractivity contribution in [1.29, 1.82) is 0 Å². The second kappa shape index (κ2) is 6.23. The molecule has 1 atom stereocenters. The number of nitrogens with one attached hydrogen (secondary N) is 1. The topological polar surface area (TPSA) is 135 Å². The molecule has 9 heteroatoms. The van der Waals surface area contributed by atoms with E-state index in [0.29, 0.717) is 5.69 Å². The van der Waals surface area contributed by atoms with Crippen LogP contribution in [0.1, 0.15) is 41.6 Å². The highest BCUT2D eigenvalue weighted by Crippen LogP contribution is 2.19. The van der Waals surface area contributed by atoms with E-state index in [1.807, 2.05) is 13.8 Å². The molecule has 0 aliphatic rings. The molecule has 1 aromatic heterocycles. The molecule has 0 bridgehead atoms. The van der Waals surface area contributed by atoms with Crippen molar-refractivity contribution in [2.75, 3.05) is 0 Å². The fourth-order valence-electron chi connectivity index (χ4n) is 1.36. The minimum atomic E-state index is -1.35. The lowest BCUT2D eigenvalue weighted by atomic mass is 10.1. The maximum absolute atomic E-state index is 11.9. The highest BCUT2D eigenvalue weighted by molar-refractivity contribution is 7.08. The molecule has 19 heavy (non-hydrogen) atoms. The molecule has 1 aromatic rings. The number of aliphatic carboxylic acids is 1. The number of hydrogen-bond acceptors (Lipinski definition) is 6. The van der Waals surface area contributed by atoms with Gasteiger partial charge in [0.05, 0.1) is 12.1 Å². The number of carboxylic acids is 1. The normalized spacial score (nSPS) is 12.2. The predicted molar refractivity (Wildman–Crippen MR) is 66.7 cm³/mol. The van der Waals surface area contributed by atoms with Crippen LogP contribution in [0.25, 0.3) is 0 Å². The number of primary amides is 1. The zero-order valence-corrected chi connectivity index (χ0v) is 11.2. The van der Waals surface area contributed by atoms with Gasteiger partial charge in [0.25, 0.3) is 5.91 Å². The van der Waals surface area contributed by atoms with Gasteiger partial charge in [-0.3, -0.25) is 9.59 Å². The molecule has 1 unspecified atom stereocenters. The van der Waals surface area contributed by atoms with Gasteiger partial charge in [-0.25, -0.2) is 4.79 Å². The lowest BCUT2D eigenvalue weighted by Gasteiger charge is -2.12. The van der Waals surface area contributed by atoms with E-state index in [9.17, 15) is 14.4 Å². The molecule has 8 nitrogen and oxygen atoms in total. The van der Waals surface area contributed by atoms with Gasteiger partial charge >= 0.3 is 5.97 Å². The molecule has 1 rings (SSSR count). The van der Waals surface area contributed by atoms with Gasteiger partial charge in [-0.2, -0.15) is 0 Å². The number of carbonyl (C=O) groups is 3. The fourth-order valence-corrected chi connectivity index (χ4v) is 2.08. The van der Waals surface area contributed by atoms with E-state index >= 15 is 0 Å². The molecule has 0 saturated heterocycles. The van der Waals surface area contributed by atoms with Gasteiger partial charge in [0.2, 0.25) is 5.91 Å². The summed E-state index contributed by atoms with van der Waals surface area (Å²) >= 11 is 0.876. The van der Waals surface area contributed by atoms with Crippen LogP contribution in [0.4, 0.5) is 0 Å². The molecule has 2 amide bonds. The van der Waals surface area contributed by atoms with E-state index < -0.39 is 30.2 Å². The predicted octanol–water partition coefficient (Wildman–Crippen LogP) is -0.280. The number of amides is 2. The van der Waals surface area contributed by atoms with Crippen LogP contribution in [-0.2, 0) is 9.59 Å². The van der Waals surface area contributed by atoms with E-state index in [0.717, 1.165) is 11.5 Å². The molecule has 0 saturated carbocycles. The van der Waals surface area contributed by atoms with E-state index in [2.05, 4.69) is 14.9 Å². The Labute approximate surface area is 113 Å². The molecule has 0 aromatic carbocycles. The van der Waals surface area contributed by atoms with Crippen LogP contribution in [0.5, 0.6) is 0 Å². The summed E-state index contributed by atoms with van der Waals surface area (Å²) in [5, 5.41) is 15.0. The van der Waals surface area contributed by atoms with Crippen molar-refractivity contribution >= 4 is 29.3 Å². The fraction of sp³-hybridized carbons (Fsp3) is 0.500. The first-order valence-electron chi connectivity index (χ1n) is 5.47. The molecule has 104 valence electrons. The van der Waals surface area contributed by atoms with Gasteiger partial charge in [0, 0.05) is 0 Å². The summed E-state index contributed by atoms with van der Waals surface area (Å²) in [5.74, 6) is -2.76. The van der Waals surface area contributed by atoms with Crippen LogP contribution in [0.15, 0.2) is 0 Å². The summed E-state index contributed by atoms with van der Waals surface area (Å²) in [6.45, 7) is 3.68. The summed E-state index contributed by atoms with van der Waals surface area (Å²) in [4.78, 5) is 33.8. The highest BCUT2D eigenvalue weighted by Gasteiger charge is 2.26. The van der Waals surface area contributed by atoms with Crippen molar-refractivity contribution in [1.82, 2.24) is 14.9 Å². The monoisotopic (exact) mass is 286 g/mol. The maximum Gasteiger partial charge on any atom is 0.326 e. The van der Waals surface area contributed by atoms with Crippen LogP contribution in [-0.4, -0.2) is 38.5 Å². The molecule has 4 N–H and O–H groups in total. The molecular formula is C10H14N4O4S. The molecule has 0 aliphatic carbocycles. The average molecular weight is 286 g/mol. The van der Waals surface area contributed by atoms with E-state index in [4.69, 9.17) is 10.8 Å². The van der Waals surface area contributed by atoms with Crippen LogP contribution in [0.3, 0.4) is 0 Å². The molecular weight excluding hydrogens is 272 g/mol. The Morgan fingerprint density at radius 3 is 2.53 bits per heavy atom. The van der Waals surface area contributed by atoms with Crippen LogP contribution in [0, 0.1) is 0 Å². The molecule has 0 radical (unpaired) electrons. The minimum absolute atomic E-state index is 0.0149. The van der Waals surface area contributed by atoms with Crippen molar-refractivity contribution < 1.29 is 19.5 Å². The number of nitrogens with zero attached hydrogens (tertiary/aromatic N) is 2. The number of carboxylic acid groups (broad SMARTS) is 1. The first-order valence-corrected chi connectivity index (χ1v) is 6.24. The first kappa shape index (κ1) is 15.0. The Hall–Kier alpha value is -2.03. The summed E-state index contributed by atoms with van der Waals surface area (Å²) in [5.41, 5.74) is 5.42. The molecule has 0 fully saturated rings. The Bertz CT molecular complexity index is 499.